The van der Waals surface area contributed by atoms with Gasteiger partial charge < -0.3 is 10.2 Å². The lowest BCUT2D eigenvalue weighted by Crippen LogP contribution is -2.52. The Hall–Kier alpha value is -2.49. The molecule has 0 heterocycles. The number of rotatable bonds is 10. The molecule has 214 valence electrons. The monoisotopic (exact) mass is 643 g/mol. The molecule has 3 aromatic carbocycles. The third-order valence-electron chi connectivity index (χ3n) is 6.08. The van der Waals surface area contributed by atoms with Crippen LogP contribution in [0.15, 0.2) is 65.6 Å². The number of carbonyl (C=O) groups is 2. The molecular formula is C28H29Cl4N3O4S. The number of benzene rings is 3. The minimum absolute atomic E-state index is 0.0121. The van der Waals surface area contributed by atoms with Gasteiger partial charge in [-0.1, -0.05) is 76.2 Å². The van der Waals surface area contributed by atoms with Crippen LogP contribution < -0.4 is 9.62 Å². The van der Waals surface area contributed by atoms with Crippen LogP contribution in [0.4, 0.5) is 5.69 Å². The molecule has 0 bridgehead atoms. The lowest BCUT2D eigenvalue weighted by Gasteiger charge is -2.33. The van der Waals surface area contributed by atoms with Gasteiger partial charge in [-0.05, 0) is 64.1 Å². The highest BCUT2D eigenvalue weighted by Crippen LogP contribution is 2.36. The highest BCUT2D eigenvalue weighted by Gasteiger charge is 2.34. The lowest BCUT2D eigenvalue weighted by atomic mass is 10.1. The molecule has 1 atom stereocenters. The number of aryl methyl sites for hydroxylation is 1. The van der Waals surface area contributed by atoms with Crippen LogP contribution in [-0.4, -0.2) is 43.8 Å². The number of hydrogen-bond acceptors (Lipinski definition) is 4. The summed E-state index contributed by atoms with van der Waals surface area (Å²) in [5.41, 5.74) is 1.28. The van der Waals surface area contributed by atoms with E-state index in [1.54, 1.807) is 51.1 Å². The van der Waals surface area contributed by atoms with Crippen molar-refractivity contribution in [3.63, 3.8) is 0 Å². The van der Waals surface area contributed by atoms with Gasteiger partial charge in [0.25, 0.3) is 10.0 Å². The fourth-order valence-corrected chi connectivity index (χ4v) is 6.27. The molecule has 0 aliphatic carbocycles. The molecule has 1 N–H and O–H groups in total. The molecule has 3 rings (SSSR count). The number of sulfonamides is 1. The predicted molar refractivity (Wildman–Crippen MR) is 162 cm³/mol. The van der Waals surface area contributed by atoms with Crippen molar-refractivity contribution in [2.24, 2.45) is 0 Å². The summed E-state index contributed by atoms with van der Waals surface area (Å²) in [5, 5.41) is 3.45. The Balaban J connectivity index is 2.11. The van der Waals surface area contributed by atoms with E-state index in [0.29, 0.717) is 15.6 Å². The number of amides is 2. The highest BCUT2D eigenvalue weighted by molar-refractivity contribution is 7.92. The van der Waals surface area contributed by atoms with Gasteiger partial charge in [0.05, 0.1) is 20.6 Å². The van der Waals surface area contributed by atoms with Gasteiger partial charge in [0, 0.05) is 28.2 Å². The first-order valence-electron chi connectivity index (χ1n) is 12.3. The van der Waals surface area contributed by atoms with Gasteiger partial charge in [-0.25, -0.2) is 8.42 Å². The zero-order valence-electron chi connectivity index (χ0n) is 22.3. The summed E-state index contributed by atoms with van der Waals surface area (Å²) >= 11 is 25.5. The van der Waals surface area contributed by atoms with E-state index in [1.165, 1.54) is 35.2 Å². The number of carbonyl (C=O) groups excluding carboxylic acids is 2. The molecule has 2 amide bonds. The summed E-state index contributed by atoms with van der Waals surface area (Å²) in [6.45, 7) is 6.12. The molecule has 0 saturated heterocycles. The van der Waals surface area contributed by atoms with Crippen LogP contribution in [0.3, 0.4) is 0 Å². The number of nitrogens with one attached hydrogen (secondary N) is 1. The first-order valence-corrected chi connectivity index (χ1v) is 15.2. The summed E-state index contributed by atoms with van der Waals surface area (Å²) in [6, 6.07) is 14.4. The second-order valence-corrected chi connectivity index (χ2v) is 12.9. The van der Waals surface area contributed by atoms with Gasteiger partial charge in [0.1, 0.15) is 12.6 Å². The molecule has 0 aromatic heterocycles. The first-order chi connectivity index (χ1) is 18.7. The first kappa shape index (κ1) is 32.0. The van der Waals surface area contributed by atoms with Crippen LogP contribution in [0.1, 0.15) is 31.9 Å². The molecule has 0 spiro atoms. The zero-order chi connectivity index (χ0) is 29.8. The van der Waals surface area contributed by atoms with Gasteiger partial charge in [0.2, 0.25) is 11.8 Å². The molecule has 0 radical (unpaired) electrons. The van der Waals surface area contributed by atoms with Crippen molar-refractivity contribution in [3.05, 3.63) is 91.9 Å². The second kappa shape index (κ2) is 13.4. The van der Waals surface area contributed by atoms with E-state index in [-0.39, 0.29) is 33.2 Å². The van der Waals surface area contributed by atoms with E-state index in [2.05, 4.69) is 5.32 Å². The zero-order valence-corrected chi connectivity index (χ0v) is 26.1. The predicted octanol–water partition coefficient (Wildman–Crippen LogP) is 6.75. The standard InChI is InChI=1S/C28H29Cl4N3O4S/c1-17(2)33-28(37)19(4)34(15-21-22(29)7-5-8-23(21)30)26(36)16-35(25-10-6-9-24(31)27(25)32)40(38,39)20-13-11-18(3)12-14-20/h5-14,17,19H,15-16H2,1-4H3,(H,33,37). The molecule has 7 nitrogen and oxygen atoms in total. The Labute approximate surface area is 255 Å². The van der Waals surface area contributed by atoms with Gasteiger partial charge in [0.15, 0.2) is 0 Å². The highest BCUT2D eigenvalue weighted by atomic mass is 35.5. The summed E-state index contributed by atoms with van der Waals surface area (Å²) in [5.74, 6) is -1.12. The SMILES string of the molecule is Cc1ccc(S(=O)(=O)N(CC(=O)N(Cc2c(Cl)cccc2Cl)C(C)C(=O)NC(C)C)c2cccc(Cl)c2Cl)cc1. The summed E-state index contributed by atoms with van der Waals surface area (Å²) < 4.78 is 28.7. The van der Waals surface area contributed by atoms with Gasteiger partial charge in [-0.2, -0.15) is 0 Å². The fraction of sp³-hybridized carbons (Fsp3) is 0.286. The Morgan fingerprint density at radius 1 is 0.850 bits per heavy atom. The van der Waals surface area contributed by atoms with E-state index in [1.807, 2.05) is 6.92 Å². The van der Waals surface area contributed by atoms with Crippen molar-refractivity contribution in [2.75, 3.05) is 10.8 Å². The van der Waals surface area contributed by atoms with Crippen LogP contribution in [0.5, 0.6) is 0 Å². The van der Waals surface area contributed by atoms with E-state index < -0.39 is 34.4 Å². The quantitative estimate of drug-likeness (QED) is 0.265. The largest absolute Gasteiger partial charge is 0.352 e. The number of nitrogens with zero attached hydrogens (tertiary/aromatic N) is 2. The number of hydrogen-bond donors (Lipinski definition) is 1. The van der Waals surface area contributed by atoms with Gasteiger partial charge in [-0.3, -0.25) is 13.9 Å². The molecular weight excluding hydrogens is 616 g/mol. The maximum Gasteiger partial charge on any atom is 0.264 e. The van der Waals surface area contributed by atoms with Crippen LogP contribution in [0, 0.1) is 6.92 Å². The maximum absolute atomic E-state index is 14.0. The minimum Gasteiger partial charge on any atom is -0.352 e. The third kappa shape index (κ3) is 7.42. The van der Waals surface area contributed by atoms with Crippen molar-refractivity contribution in [2.45, 2.75) is 51.2 Å². The average molecular weight is 645 g/mol. The van der Waals surface area contributed by atoms with Gasteiger partial charge >= 0.3 is 0 Å². The normalized spacial score (nSPS) is 12.2. The molecule has 0 aliphatic rings. The Kier molecular flexibility index (Phi) is 10.8. The Morgan fingerprint density at radius 3 is 1.98 bits per heavy atom. The third-order valence-corrected chi connectivity index (χ3v) is 9.37. The van der Waals surface area contributed by atoms with Crippen molar-refractivity contribution in [1.82, 2.24) is 10.2 Å². The Morgan fingerprint density at radius 2 is 1.40 bits per heavy atom. The van der Waals surface area contributed by atoms with E-state index in [4.69, 9.17) is 46.4 Å². The van der Waals surface area contributed by atoms with Gasteiger partial charge in [-0.15, -0.1) is 0 Å². The van der Waals surface area contributed by atoms with Crippen LogP contribution in [0.25, 0.3) is 0 Å². The van der Waals surface area contributed by atoms with Crippen molar-refractivity contribution in [3.8, 4) is 0 Å². The van der Waals surface area contributed by atoms with E-state index >= 15 is 0 Å². The molecule has 12 heteroatoms. The second-order valence-electron chi connectivity index (χ2n) is 9.46. The van der Waals surface area contributed by atoms with Crippen molar-refractivity contribution >= 4 is 73.9 Å². The van der Waals surface area contributed by atoms with E-state index in [0.717, 1.165) is 9.87 Å². The maximum atomic E-state index is 14.0. The smallest absolute Gasteiger partial charge is 0.264 e. The number of anilines is 1. The van der Waals surface area contributed by atoms with Crippen LogP contribution in [0.2, 0.25) is 20.1 Å². The van der Waals surface area contributed by atoms with Crippen molar-refractivity contribution < 1.29 is 18.0 Å². The molecule has 0 saturated carbocycles. The fourth-order valence-electron chi connectivity index (χ4n) is 3.88. The molecule has 0 aliphatic heterocycles. The van der Waals surface area contributed by atoms with Crippen LogP contribution in [-0.2, 0) is 26.2 Å². The minimum atomic E-state index is -4.30. The molecule has 40 heavy (non-hydrogen) atoms. The average Bonchev–Trinajstić information content (AvgIpc) is 2.88. The summed E-state index contributed by atoms with van der Waals surface area (Å²) in [7, 11) is -4.30. The topological polar surface area (TPSA) is 86.8 Å². The van der Waals surface area contributed by atoms with Crippen molar-refractivity contribution in [1.29, 1.82) is 0 Å². The van der Waals surface area contributed by atoms with Crippen LogP contribution >= 0.6 is 46.4 Å². The summed E-state index contributed by atoms with van der Waals surface area (Å²) in [4.78, 5) is 28.2. The number of halogens is 4. The van der Waals surface area contributed by atoms with E-state index in [9.17, 15) is 18.0 Å². The molecule has 3 aromatic rings. The molecule has 0 fully saturated rings. The summed E-state index contributed by atoms with van der Waals surface area (Å²) in [6.07, 6.45) is 0. The lowest BCUT2D eigenvalue weighted by molar-refractivity contribution is -0.139. The molecule has 1 unspecified atom stereocenters. The Bertz CT molecular complexity index is 1480.